The molecule has 0 radical (unpaired) electrons. The number of nitrogens with one attached hydrogen (secondary N) is 3. The number of rotatable bonds is 11. The van der Waals surface area contributed by atoms with Crippen molar-refractivity contribution in [2.45, 2.75) is 25.2 Å². The van der Waals surface area contributed by atoms with Gasteiger partial charge in [0.15, 0.2) is 5.11 Å². The molecule has 0 fully saturated rings. The molecule has 0 saturated carbocycles. The highest BCUT2D eigenvalue weighted by atomic mass is 32.2. The molecule has 8 nitrogen and oxygen atoms in total. The van der Waals surface area contributed by atoms with Crippen molar-refractivity contribution >= 4 is 39.3 Å². The van der Waals surface area contributed by atoms with E-state index in [0.717, 1.165) is 11.1 Å². The Morgan fingerprint density at radius 1 is 1.12 bits per heavy atom. The lowest BCUT2D eigenvalue weighted by Gasteiger charge is -2.15. The Hall–Kier alpha value is -2.95. The van der Waals surface area contributed by atoms with Crippen LogP contribution >= 0.6 is 12.2 Å². The monoisotopic (exact) mass is 505 g/mol. The van der Waals surface area contributed by atoms with Crippen LogP contribution in [-0.4, -0.2) is 53.4 Å². The third-order valence-corrected chi connectivity index (χ3v) is 6.66. The Bertz CT molecular complexity index is 1150. The van der Waals surface area contributed by atoms with E-state index in [0.29, 0.717) is 25.1 Å². The van der Waals surface area contributed by atoms with Gasteiger partial charge in [0.2, 0.25) is 5.91 Å². The molecule has 0 saturated heterocycles. The molecule has 2 aromatic rings. The van der Waals surface area contributed by atoms with Crippen LogP contribution in [0.25, 0.3) is 6.08 Å². The molecule has 184 valence electrons. The van der Waals surface area contributed by atoms with Crippen LogP contribution in [-0.2, 0) is 26.0 Å². The van der Waals surface area contributed by atoms with E-state index < -0.39 is 10.0 Å². The van der Waals surface area contributed by atoms with Gasteiger partial charge in [0, 0.05) is 26.8 Å². The second-order valence-electron chi connectivity index (χ2n) is 7.54. The van der Waals surface area contributed by atoms with Crippen molar-refractivity contribution in [3.8, 4) is 5.75 Å². The van der Waals surface area contributed by atoms with E-state index in [4.69, 9.17) is 21.7 Å². The van der Waals surface area contributed by atoms with Gasteiger partial charge in [-0.25, -0.2) is 8.42 Å². The molecule has 2 rings (SSSR count). The van der Waals surface area contributed by atoms with Crippen LogP contribution < -0.4 is 20.1 Å². The first-order valence-corrected chi connectivity index (χ1v) is 12.6. The van der Waals surface area contributed by atoms with Crippen LogP contribution in [0.4, 0.5) is 0 Å². The highest BCUT2D eigenvalue weighted by Gasteiger charge is 2.21. The lowest BCUT2D eigenvalue weighted by molar-refractivity contribution is -0.116. The maximum Gasteiger partial charge on any atom is 0.267 e. The summed E-state index contributed by atoms with van der Waals surface area (Å²) in [5, 5.41) is 5.37. The molecule has 0 bridgehead atoms. The average Bonchev–Trinajstić information content (AvgIpc) is 2.79. The van der Waals surface area contributed by atoms with Gasteiger partial charge >= 0.3 is 0 Å². The molecule has 2 aromatic carbocycles. The molecule has 0 aromatic heterocycles. The quantitative estimate of drug-likeness (QED) is 0.245. The van der Waals surface area contributed by atoms with Crippen LogP contribution in [0.3, 0.4) is 0 Å². The van der Waals surface area contributed by atoms with Crippen LogP contribution in [0.2, 0.25) is 0 Å². The van der Waals surface area contributed by atoms with Gasteiger partial charge in [-0.1, -0.05) is 29.8 Å². The van der Waals surface area contributed by atoms with Crippen molar-refractivity contribution in [1.29, 1.82) is 0 Å². The number of amides is 1. The van der Waals surface area contributed by atoms with Crippen molar-refractivity contribution in [2.75, 3.05) is 33.9 Å². The SMILES string of the molecule is CNC(=S)NS(=O)(=O)c1cc(CCNC(=O)/C=C/c2ccc(C)cc2C)ccc1OCCOC. The van der Waals surface area contributed by atoms with Crippen LogP contribution in [0.1, 0.15) is 22.3 Å². The van der Waals surface area contributed by atoms with E-state index in [1.165, 1.54) is 31.9 Å². The molecule has 1 amide bonds. The van der Waals surface area contributed by atoms with Gasteiger partial charge in [-0.3, -0.25) is 9.52 Å². The molecule has 0 unspecified atom stereocenters. The zero-order chi connectivity index (χ0) is 25.1. The van der Waals surface area contributed by atoms with Gasteiger partial charge in [0.05, 0.1) is 6.61 Å². The first-order chi connectivity index (χ1) is 16.2. The van der Waals surface area contributed by atoms with Crippen LogP contribution in [0.15, 0.2) is 47.4 Å². The third-order valence-electron chi connectivity index (χ3n) is 4.85. The summed E-state index contributed by atoms with van der Waals surface area (Å²) in [6, 6.07) is 10.9. The maximum atomic E-state index is 12.8. The smallest absolute Gasteiger partial charge is 0.267 e. The number of ether oxygens (including phenoxy) is 2. The van der Waals surface area contributed by atoms with Gasteiger partial charge in [-0.2, -0.15) is 0 Å². The Kier molecular flexibility index (Phi) is 10.5. The zero-order valence-electron chi connectivity index (χ0n) is 19.8. The number of methoxy groups -OCH3 is 1. The molecular weight excluding hydrogens is 474 g/mol. The van der Waals surface area contributed by atoms with Gasteiger partial charge in [0.1, 0.15) is 17.3 Å². The Labute approximate surface area is 206 Å². The molecule has 3 N–H and O–H groups in total. The number of benzene rings is 2. The van der Waals surface area contributed by atoms with Crippen LogP contribution in [0, 0.1) is 13.8 Å². The number of sulfonamides is 1. The highest BCUT2D eigenvalue weighted by Crippen LogP contribution is 2.25. The lowest BCUT2D eigenvalue weighted by atomic mass is 10.1. The molecule has 10 heteroatoms. The van der Waals surface area contributed by atoms with Gasteiger partial charge < -0.3 is 20.1 Å². The zero-order valence-corrected chi connectivity index (χ0v) is 21.4. The number of carbonyl (C=O) groups excluding carboxylic acids is 1. The van der Waals surface area contributed by atoms with E-state index in [2.05, 4.69) is 21.4 Å². The Morgan fingerprint density at radius 3 is 2.56 bits per heavy atom. The van der Waals surface area contributed by atoms with Gasteiger partial charge in [-0.05, 0) is 67.4 Å². The van der Waals surface area contributed by atoms with E-state index in [1.807, 2.05) is 26.0 Å². The first kappa shape index (κ1) is 27.3. The summed E-state index contributed by atoms with van der Waals surface area (Å²) in [5.41, 5.74) is 3.95. The summed E-state index contributed by atoms with van der Waals surface area (Å²) in [6.45, 7) is 4.86. The molecule has 34 heavy (non-hydrogen) atoms. The summed E-state index contributed by atoms with van der Waals surface area (Å²) in [7, 11) is -0.915. The fourth-order valence-electron chi connectivity index (χ4n) is 3.07. The molecule has 0 aliphatic rings. The minimum Gasteiger partial charge on any atom is -0.490 e. The predicted molar refractivity (Wildman–Crippen MR) is 137 cm³/mol. The topological polar surface area (TPSA) is 106 Å². The second-order valence-corrected chi connectivity index (χ2v) is 9.60. The molecule has 0 aliphatic heterocycles. The lowest BCUT2D eigenvalue weighted by Crippen LogP contribution is -2.37. The fourth-order valence-corrected chi connectivity index (χ4v) is 4.55. The largest absolute Gasteiger partial charge is 0.490 e. The van der Waals surface area contributed by atoms with Crippen molar-refractivity contribution in [2.24, 2.45) is 0 Å². The van der Waals surface area contributed by atoms with Crippen molar-refractivity contribution < 1.29 is 22.7 Å². The number of aryl methyl sites for hydroxylation is 2. The van der Waals surface area contributed by atoms with E-state index in [-0.39, 0.29) is 28.3 Å². The maximum absolute atomic E-state index is 12.8. The predicted octanol–water partition coefficient (Wildman–Crippen LogP) is 2.48. The van der Waals surface area contributed by atoms with Gasteiger partial charge in [0.25, 0.3) is 10.0 Å². The minimum atomic E-state index is -3.97. The molecule has 0 atom stereocenters. The summed E-state index contributed by atoms with van der Waals surface area (Å²) in [5.74, 6) is -0.0407. The number of hydrogen-bond acceptors (Lipinski definition) is 6. The van der Waals surface area contributed by atoms with Gasteiger partial charge in [-0.15, -0.1) is 0 Å². The Balaban J connectivity index is 2.07. The summed E-state index contributed by atoms with van der Waals surface area (Å²) in [6.07, 6.45) is 3.70. The fraction of sp³-hybridized carbons (Fsp3) is 0.333. The number of hydrogen-bond donors (Lipinski definition) is 3. The van der Waals surface area contributed by atoms with E-state index in [1.54, 1.807) is 18.2 Å². The summed E-state index contributed by atoms with van der Waals surface area (Å²) >= 11 is 4.94. The molecule has 0 heterocycles. The third kappa shape index (κ3) is 8.44. The molecule has 0 aliphatic carbocycles. The van der Waals surface area contributed by atoms with E-state index in [9.17, 15) is 13.2 Å². The summed E-state index contributed by atoms with van der Waals surface area (Å²) in [4.78, 5) is 12.2. The van der Waals surface area contributed by atoms with Crippen molar-refractivity contribution in [1.82, 2.24) is 15.4 Å². The number of carbonyl (C=O) groups is 1. The first-order valence-electron chi connectivity index (χ1n) is 10.7. The van der Waals surface area contributed by atoms with Crippen molar-refractivity contribution in [3.63, 3.8) is 0 Å². The standard InChI is InChI=1S/C24H31N3O5S2/c1-17-5-7-20(18(2)15-17)8-10-23(28)26-12-11-19-6-9-21(32-14-13-31-4)22(16-19)34(29,30)27-24(33)25-3/h5-10,15-16H,11-14H2,1-4H3,(H,26,28)(H2,25,27,33)/b10-8+. The molecular formula is C24H31N3O5S2. The molecule has 0 spiro atoms. The number of thiocarbonyl (C=S) groups is 1. The van der Waals surface area contributed by atoms with Crippen LogP contribution in [0.5, 0.6) is 5.75 Å². The van der Waals surface area contributed by atoms with E-state index >= 15 is 0 Å². The Morgan fingerprint density at radius 2 is 1.88 bits per heavy atom. The average molecular weight is 506 g/mol. The normalized spacial score (nSPS) is 11.3. The van der Waals surface area contributed by atoms with Crippen molar-refractivity contribution in [3.05, 3.63) is 64.7 Å². The second kappa shape index (κ2) is 13.1. The highest BCUT2D eigenvalue weighted by molar-refractivity contribution is 7.92. The minimum absolute atomic E-state index is 0.0314. The summed E-state index contributed by atoms with van der Waals surface area (Å²) < 4.78 is 38.5.